The van der Waals surface area contributed by atoms with E-state index in [1.807, 2.05) is 0 Å². The Morgan fingerprint density at radius 2 is 0.750 bits per heavy atom. The van der Waals surface area contributed by atoms with E-state index in [4.69, 9.17) is 0 Å². The number of carbonyl (C=O) groups excluding carboxylic acids is 4. The van der Waals surface area contributed by atoms with E-state index < -0.39 is 0 Å². The Hall–Kier alpha value is -2.24. The van der Waals surface area contributed by atoms with Crippen LogP contribution in [0.3, 0.4) is 0 Å². The van der Waals surface area contributed by atoms with E-state index in [1.165, 1.54) is 0 Å². The summed E-state index contributed by atoms with van der Waals surface area (Å²) in [5, 5.41) is 1.97. The first-order valence-electron chi connectivity index (χ1n) is 10.7. The molecule has 4 bridgehead atoms. The summed E-state index contributed by atoms with van der Waals surface area (Å²) in [6, 6.07) is 0. The van der Waals surface area contributed by atoms with Gasteiger partial charge in [0.25, 0.3) is 23.6 Å². The predicted molar refractivity (Wildman–Crippen MR) is 93.1 cm³/mol. The highest BCUT2D eigenvalue weighted by Gasteiger charge is 2.72. The molecule has 6 nitrogen and oxygen atoms in total. The van der Waals surface area contributed by atoms with Crippen molar-refractivity contribution < 1.29 is 19.2 Å². The highest BCUT2D eigenvalue weighted by atomic mass is 16.2. The first-order valence-corrected chi connectivity index (χ1v) is 10.7. The van der Waals surface area contributed by atoms with Crippen molar-refractivity contribution in [2.75, 3.05) is 0 Å². The number of nitrogens with zero attached hydrogens (tertiary/aromatic N) is 2. The molecule has 0 aromatic rings. The second-order valence-electron chi connectivity index (χ2n) is 10.3. The molecule has 4 saturated carbocycles. The minimum atomic E-state index is -0.377. The van der Waals surface area contributed by atoms with Crippen LogP contribution in [0, 0.1) is 71.0 Å². The van der Waals surface area contributed by atoms with Crippen molar-refractivity contribution in [2.45, 2.75) is 12.8 Å². The molecule has 142 valence electrons. The van der Waals surface area contributed by atoms with Gasteiger partial charge in [-0.05, 0) is 60.2 Å². The van der Waals surface area contributed by atoms with Crippen molar-refractivity contribution >= 4 is 23.6 Å². The molecule has 10 rings (SSSR count). The van der Waals surface area contributed by atoms with E-state index in [2.05, 4.69) is 24.3 Å². The molecule has 6 fully saturated rings. The average molecular weight is 376 g/mol. The fourth-order valence-electron chi connectivity index (χ4n) is 8.28. The summed E-state index contributed by atoms with van der Waals surface area (Å²) in [5.74, 6) is -0.341. The van der Waals surface area contributed by atoms with Gasteiger partial charge in [0.05, 0.1) is 23.7 Å². The number of rotatable bonds is 1. The minimum Gasteiger partial charge on any atom is -0.272 e. The van der Waals surface area contributed by atoms with E-state index in [0.29, 0.717) is 23.7 Å². The average Bonchev–Trinajstić information content (AvgIpc) is 3.60. The van der Waals surface area contributed by atoms with E-state index in [0.717, 1.165) is 22.9 Å². The fourth-order valence-corrected chi connectivity index (χ4v) is 8.28. The summed E-state index contributed by atoms with van der Waals surface area (Å²) in [6.07, 6.45) is 10.6. The summed E-state index contributed by atoms with van der Waals surface area (Å²) >= 11 is 0. The highest BCUT2D eigenvalue weighted by molar-refractivity contribution is 6.14. The Bertz CT molecular complexity index is 833. The number of hydrazine groups is 1. The number of carbonyl (C=O) groups is 4. The second kappa shape index (κ2) is 4.19. The number of hydrogen-bond donors (Lipinski definition) is 0. The van der Waals surface area contributed by atoms with Crippen molar-refractivity contribution in [1.29, 1.82) is 0 Å². The lowest BCUT2D eigenvalue weighted by atomic mass is 9.63. The molecule has 10 aliphatic rings. The zero-order valence-corrected chi connectivity index (χ0v) is 15.2. The first-order chi connectivity index (χ1) is 13.6. The van der Waals surface area contributed by atoms with Gasteiger partial charge in [-0.15, -0.1) is 0 Å². The van der Waals surface area contributed by atoms with Crippen molar-refractivity contribution in [3.05, 3.63) is 24.3 Å². The standard InChI is InChI=1S/C22H20N2O4/c25-19-15-7-1-2-8(12-5-11(7)12)16(15)20(26)23(19)24-21(27)17-9-3-4-10(14-6-13(9)14)18(17)22(24)28/h1-4,7-18H,5-6H2. The molecule has 12 atom stereocenters. The number of amides is 4. The van der Waals surface area contributed by atoms with Gasteiger partial charge >= 0.3 is 0 Å². The Morgan fingerprint density at radius 3 is 1.00 bits per heavy atom. The van der Waals surface area contributed by atoms with Crippen LogP contribution in [0.25, 0.3) is 0 Å². The molecule has 2 heterocycles. The molecule has 0 spiro atoms. The summed E-state index contributed by atoms with van der Waals surface area (Å²) in [6.45, 7) is 0. The van der Waals surface area contributed by atoms with Crippen LogP contribution >= 0.6 is 0 Å². The molecule has 12 unspecified atom stereocenters. The molecule has 0 aromatic heterocycles. The zero-order valence-electron chi connectivity index (χ0n) is 15.2. The Kier molecular flexibility index (Phi) is 2.20. The van der Waals surface area contributed by atoms with Gasteiger partial charge in [0.2, 0.25) is 0 Å². The van der Waals surface area contributed by atoms with Gasteiger partial charge in [0, 0.05) is 0 Å². The maximum Gasteiger partial charge on any atom is 0.253 e. The Morgan fingerprint density at radius 1 is 0.500 bits per heavy atom. The van der Waals surface area contributed by atoms with E-state index in [1.54, 1.807) is 0 Å². The molecule has 4 amide bonds. The van der Waals surface area contributed by atoms with Crippen LogP contribution in [-0.2, 0) is 19.2 Å². The predicted octanol–water partition coefficient (Wildman–Crippen LogP) is 1.01. The normalized spacial score (nSPS) is 58.3. The smallest absolute Gasteiger partial charge is 0.253 e. The fraction of sp³-hybridized carbons (Fsp3) is 0.636. The topological polar surface area (TPSA) is 74.8 Å². The molecule has 28 heavy (non-hydrogen) atoms. The molecular formula is C22H20N2O4. The molecule has 6 heteroatoms. The molecule has 2 saturated heterocycles. The lowest BCUT2D eigenvalue weighted by Crippen LogP contribution is -2.51. The van der Waals surface area contributed by atoms with E-state index in [-0.39, 0.29) is 71.0 Å². The molecule has 0 aromatic carbocycles. The van der Waals surface area contributed by atoms with Gasteiger partial charge in [-0.2, -0.15) is 10.0 Å². The van der Waals surface area contributed by atoms with Crippen molar-refractivity contribution in [2.24, 2.45) is 71.0 Å². The van der Waals surface area contributed by atoms with Crippen LogP contribution in [0.15, 0.2) is 24.3 Å². The minimum absolute atomic E-state index is 0.0991. The Balaban J connectivity index is 1.20. The third kappa shape index (κ3) is 1.34. The van der Waals surface area contributed by atoms with Crippen molar-refractivity contribution in [3.8, 4) is 0 Å². The van der Waals surface area contributed by atoms with Crippen LogP contribution in [0.2, 0.25) is 0 Å². The van der Waals surface area contributed by atoms with E-state index in [9.17, 15) is 19.2 Å². The largest absolute Gasteiger partial charge is 0.272 e. The Labute approximate surface area is 161 Å². The summed E-state index contributed by atoms with van der Waals surface area (Å²) in [4.78, 5) is 53.4. The van der Waals surface area contributed by atoms with Gasteiger partial charge in [-0.1, -0.05) is 24.3 Å². The SMILES string of the molecule is O=C1C2C3C=CC(C4CC34)C2C(=O)N1N1C(=O)C2C3C=CC(C4CC34)C2C1=O. The van der Waals surface area contributed by atoms with Gasteiger partial charge < -0.3 is 0 Å². The van der Waals surface area contributed by atoms with Crippen LogP contribution < -0.4 is 0 Å². The summed E-state index contributed by atoms with van der Waals surface area (Å²) in [7, 11) is 0. The number of allylic oxidation sites excluding steroid dienone is 4. The van der Waals surface area contributed by atoms with Crippen LogP contribution in [0.1, 0.15) is 12.8 Å². The molecule has 2 aliphatic heterocycles. The second-order valence-corrected chi connectivity index (χ2v) is 10.3. The van der Waals surface area contributed by atoms with Crippen LogP contribution in [0.4, 0.5) is 0 Å². The molecule has 0 radical (unpaired) electrons. The molecule has 8 aliphatic carbocycles. The summed E-state index contributed by atoms with van der Waals surface area (Å²) < 4.78 is 0. The van der Waals surface area contributed by atoms with Gasteiger partial charge in [-0.3, -0.25) is 19.2 Å². The maximum atomic E-state index is 13.3. The quantitative estimate of drug-likeness (QED) is 0.506. The lowest BCUT2D eigenvalue weighted by molar-refractivity contribution is -0.174. The zero-order chi connectivity index (χ0) is 18.6. The molecular weight excluding hydrogens is 356 g/mol. The maximum absolute atomic E-state index is 13.3. The monoisotopic (exact) mass is 376 g/mol. The number of imide groups is 2. The van der Waals surface area contributed by atoms with Gasteiger partial charge in [0.15, 0.2) is 0 Å². The van der Waals surface area contributed by atoms with Crippen molar-refractivity contribution in [1.82, 2.24) is 10.0 Å². The van der Waals surface area contributed by atoms with Crippen LogP contribution in [-0.4, -0.2) is 33.6 Å². The summed E-state index contributed by atoms with van der Waals surface area (Å²) in [5.41, 5.74) is 0. The third-order valence-corrected chi connectivity index (χ3v) is 9.48. The third-order valence-electron chi connectivity index (χ3n) is 9.48. The van der Waals surface area contributed by atoms with Crippen LogP contribution in [0.5, 0.6) is 0 Å². The van der Waals surface area contributed by atoms with Crippen molar-refractivity contribution in [3.63, 3.8) is 0 Å². The van der Waals surface area contributed by atoms with Gasteiger partial charge in [-0.25, -0.2) is 0 Å². The van der Waals surface area contributed by atoms with E-state index >= 15 is 0 Å². The number of hydrogen-bond acceptors (Lipinski definition) is 4. The first kappa shape index (κ1) is 14.7. The van der Waals surface area contributed by atoms with Gasteiger partial charge in [0.1, 0.15) is 0 Å². The highest BCUT2D eigenvalue weighted by Crippen LogP contribution is 2.67. The molecule has 0 N–H and O–H groups in total. The lowest BCUT2D eigenvalue weighted by Gasteiger charge is -2.37.